The summed E-state index contributed by atoms with van der Waals surface area (Å²) in [6.45, 7) is -2.96. The van der Waals surface area contributed by atoms with Crippen LogP contribution in [0.2, 0.25) is 0 Å². The number of pyridine rings is 1. The predicted molar refractivity (Wildman–Crippen MR) is 78.0 cm³/mol. The lowest BCUT2D eigenvalue weighted by atomic mass is 10.4. The second-order valence-electron chi connectivity index (χ2n) is 4.43. The van der Waals surface area contributed by atoms with Crippen LogP contribution < -0.4 is 10.1 Å². The third-order valence-corrected chi connectivity index (χ3v) is 2.82. The predicted octanol–water partition coefficient (Wildman–Crippen LogP) is 1.91. The number of alkyl halides is 2. The standard InChI is InChI=1S/C14H10F2N6O2/c15-14(16)24-11-2-1-9(7-19-11)20-13(23)12-18-4-3-10(21-12)22-6-5-17-8-22/h1-8,14H,(H,20,23). The van der Waals surface area contributed by atoms with Gasteiger partial charge in [-0.15, -0.1) is 0 Å². The summed E-state index contributed by atoms with van der Waals surface area (Å²) in [4.78, 5) is 27.7. The highest BCUT2D eigenvalue weighted by Crippen LogP contribution is 2.14. The highest BCUT2D eigenvalue weighted by Gasteiger charge is 2.12. The van der Waals surface area contributed by atoms with Crippen LogP contribution in [0.5, 0.6) is 5.88 Å². The number of nitrogens with zero attached hydrogens (tertiary/aromatic N) is 5. The Morgan fingerprint density at radius 3 is 2.75 bits per heavy atom. The van der Waals surface area contributed by atoms with Crippen LogP contribution in [0.25, 0.3) is 5.82 Å². The Balaban J connectivity index is 1.72. The van der Waals surface area contributed by atoms with Gasteiger partial charge in [0.25, 0.3) is 5.91 Å². The molecule has 3 heterocycles. The molecule has 1 amide bonds. The van der Waals surface area contributed by atoms with Crippen molar-refractivity contribution in [2.75, 3.05) is 5.32 Å². The van der Waals surface area contributed by atoms with E-state index < -0.39 is 12.5 Å². The zero-order chi connectivity index (χ0) is 16.9. The molecular formula is C14H10F2N6O2. The summed E-state index contributed by atoms with van der Waals surface area (Å²) in [5, 5.41) is 2.52. The summed E-state index contributed by atoms with van der Waals surface area (Å²) in [5.74, 6) is -0.400. The minimum Gasteiger partial charge on any atom is -0.417 e. The second kappa shape index (κ2) is 6.77. The maximum atomic E-state index is 12.2. The van der Waals surface area contributed by atoms with Gasteiger partial charge in [-0.25, -0.2) is 19.9 Å². The molecule has 3 aromatic rings. The van der Waals surface area contributed by atoms with E-state index in [2.05, 4.69) is 30.0 Å². The topological polar surface area (TPSA) is 94.8 Å². The van der Waals surface area contributed by atoms with Crippen LogP contribution in [0.4, 0.5) is 14.5 Å². The average Bonchev–Trinajstić information content (AvgIpc) is 3.11. The van der Waals surface area contributed by atoms with E-state index in [0.717, 1.165) is 0 Å². The highest BCUT2D eigenvalue weighted by molar-refractivity contribution is 6.01. The maximum Gasteiger partial charge on any atom is 0.388 e. The van der Waals surface area contributed by atoms with Gasteiger partial charge in [0.2, 0.25) is 11.7 Å². The number of rotatable bonds is 5. The number of carbonyl (C=O) groups is 1. The molecule has 0 spiro atoms. The number of hydrogen-bond donors (Lipinski definition) is 1. The molecule has 0 radical (unpaired) electrons. The molecule has 24 heavy (non-hydrogen) atoms. The fraction of sp³-hybridized carbons (Fsp3) is 0.0714. The number of aromatic nitrogens is 5. The Kier molecular flexibility index (Phi) is 4.36. The van der Waals surface area contributed by atoms with E-state index in [1.807, 2.05) is 0 Å². The van der Waals surface area contributed by atoms with Crippen molar-refractivity contribution < 1.29 is 18.3 Å². The average molecular weight is 332 g/mol. The van der Waals surface area contributed by atoms with Gasteiger partial charge in [0, 0.05) is 24.7 Å². The third kappa shape index (κ3) is 3.66. The van der Waals surface area contributed by atoms with E-state index in [1.54, 1.807) is 23.0 Å². The third-order valence-electron chi connectivity index (χ3n) is 2.82. The van der Waals surface area contributed by atoms with Crippen molar-refractivity contribution in [1.82, 2.24) is 24.5 Å². The molecule has 0 aliphatic rings. The molecular weight excluding hydrogens is 322 g/mol. The SMILES string of the molecule is O=C(Nc1ccc(OC(F)F)nc1)c1nccc(-n2ccnc2)n1. The quantitative estimate of drug-likeness (QED) is 0.767. The Morgan fingerprint density at radius 1 is 1.21 bits per heavy atom. The first-order valence-electron chi connectivity index (χ1n) is 6.65. The molecule has 0 aliphatic carbocycles. The van der Waals surface area contributed by atoms with Crippen molar-refractivity contribution in [1.29, 1.82) is 0 Å². The van der Waals surface area contributed by atoms with E-state index in [4.69, 9.17) is 0 Å². The van der Waals surface area contributed by atoms with Crippen LogP contribution in [0, 0.1) is 0 Å². The van der Waals surface area contributed by atoms with Crippen molar-refractivity contribution in [2.45, 2.75) is 6.61 Å². The molecule has 10 heteroatoms. The van der Waals surface area contributed by atoms with E-state index in [1.165, 1.54) is 30.9 Å². The molecule has 0 saturated heterocycles. The van der Waals surface area contributed by atoms with Crippen LogP contribution >= 0.6 is 0 Å². The number of nitrogens with one attached hydrogen (secondary N) is 1. The lowest BCUT2D eigenvalue weighted by Gasteiger charge is -2.07. The monoisotopic (exact) mass is 332 g/mol. The van der Waals surface area contributed by atoms with Crippen LogP contribution in [0.15, 0.2) is 49.3 Å². The van der Waals surface area contributed by atoms with Crippen LogP contribution in [-0.2, 0) is 0 Å². The van der Waals surface area contributed by atoms with Gasteiger partial charge in [-0.3, -0.25) is 9.36 Å². The Morgan fingerprint density at radius 2 is 2.08 bits per heavy atom. The first-order chi connectivity index (χ1) is 11.6. The lowest BCUT2D eigenvalue weighted by Crippen LogP contribution is -2.16. The summed E-state index contributed by atoms with van der Waals surface area (Å²) in [7, 11) is 0. The van der Waals surface area contributed by atoms with Gasteiger partial charge in [0.1, 0.15) is 12.1 Å². The summed E-state index contributed by atoms with van der Waals surface area (Å²) in [6, 6.07) is 4.21. The first-order valence-corrected chi connectivity index (χ1v) is 6.65. The van der Waals surface area contributed by atoms with Crippen molar-refractivity contribution in [3.05, 3.63) is 55.1 Å². The Bertz CT molecular complexity index is 824. The van der Waals surface area contributed by atoms with Gasteiger partial charge < -0.3 is 10.1 Å². The van der Waals surface area contributed by atoms with E-state index in [0.29, 0.717) is 11.5 Å². The molecule has 8 nitrogen and oxygen atoms in total. The van der Waals surface area contributed by atoms with Crippen molar-refractivity contribution in [2.24, 2.45) is 0 Å². The van der Waals surface area contributed by atoms with Gasteiger partial charge in [-0.05, 0) is 12.1 Å². The number of halogens is 2. The Hall–Kier alpha value is -3.43. The number of anilines is 1. The minimum absolute atomic E-state index is 0.0610. The molecule has 3 aromatic heterocycles. The van der Waals surface area contributed by atoms with Crippen molar-refractivity contribution in [3.63, 3.8) is 0 Å². The summed E-state index contributed by atoms with van der Waals surface area (Å²) < 4.78 is 29.9. The van der Waals surface area contributed by atoms with Gasteiger partial charge in [0.05, 0.1) is 11.9 Å². The fourth-order valence-corrected chi connectivity index (χ4v) is 1.80. The van der Waals surface area contributed by atoms with Gasteiger partial charge in [-0.2, -0.15) is 8.78 Å². The maximum absolute atomic E-state index is 12.2. The van der Waals surface area contributed by atoms with Gasteiger partial charge >= 0.3 is 6.61 Å². The lowest BCUT2D eigenvalue weighted by molar-refractivity contribution is -0.0528. The van der Waals surface area contributed by atoms with Gasteiger partial charge in [0.15, 0.2) is 0 Å². The van der Waals surface area contributed by atoms with E-state index in [9.17, 15) is 13.6 Å². The zero-order valence-corrected chi connectivity index (χ0v) is 12.0. The number of carbonyl (C=O) groups excluding carboxylic acids is 1. The molecule has 0 saturated carbocycles. The molecule has 122 valence electrons. The van der Waals surface area contributed by atoms with Crippen LogP contribution in [0.3, 0.4) is 0 Å². The van der Waals surface area contributed by atoms with E-state index in [-0.39, 0.29) is 11.7 Å². The molecule has 0 atom stereocenters. The normalized spacial score (nSPS) is 10.6. The summed E-state index contributed by atoms with van der Waals surface area (Å²) in [6.07, 6.45) is 7.42. The second-order valence-corrected chi connectivity index (χ2v) is 4.43. The molecule has 0 aromatic carbocycles. The molecule has 0 unspecified atom stereocenters. The smallest absolute Gasteiger partial charge is 0.388 e. The van der Waals surface area contributed by atoms with Crippen LogP contribution in [-0.4, -0.2) is 37.0 Å². The summed E-state index contributed by atoms with van der Waals surface area (Å²) in [5.41, 5.74) is 0.290. The van der Waals surface area contributed by atoms with Gasteiger partial charge in [-0.1, -0.05) is 0 Å². The number of ether oxygens (including phenoxy) is 1. The summed E-state index contributed by atoms with van der Waals surface area (Å²) >= 11 is 0. The largest absolute Gasteiger partial charge is 0.417 e. The van der Waals surface area contributed by atoms with Crippen molar-refractivity contribution in [3.8, 4) is 11.7 Å². The zero-order valence-electron chi connectivity index (χ0n) is 12.0. The molecule has 0 bridgehead atoms. The molecule has 3 rings (SSSR count). The number of amides is 1. The number of hydrogen-bond acceptors (Lipinski definition) is 6. The minimum atomic E-state index is -2.96. The molecule has 0 fully saturated rings. The van der Waals surface area contributed by atoms with E-state index >= 15 is 0 Å². The first kappa shape index (κ1) is 15.5. The Labute approximate surface area is 134 Å². The van der Waals surface area contributed by atoms with Crippen LogP contribution in [0.1, 0.15) is 10.6 Å². The van der Waals surface area contributed by atoms with Crippen molar-refractivity contribution >= 4 is 11.6 Å². The fourth-order valence-electron chi connectivity index (χ4n) is 1.80. The molecule has 0 aliphatic heterocycles. The highest BCUT2D eigenvalue weighted by atomic mass is 19.3. The number of imidazole rings is 1. The molecule has 1 N–H and O–H groups in total.